The lowest BCUT2D eigenvalue weighted by Gasteiger charge is -2.11. The van der Waals surface area contributed by atoms with E-state index in [9.17, 15) is 0 Å². The highest BCUT2D eigenvalue weighted by Gasteiger charge is 1.98. The number of rotatable bonds is 4. The van der Waals surface area contributed by atoms with Gasteiger partial charge in [0, 0.05) is 25.0 Å². The van der Waals surface area contributed by atoms with Crippen LogP contribution in [0.25, 0.3) is 0 Å². The molecular formula is C10H16N2O. The molecule has 1 aromatic carbocycles. The first-order valence-electron chi connectivity index (χ1n) is 4.34. The van der Waals surface area contributed by atoms with E-state index in [1.807, 2.05) is 31.2 Å². The largest absolute Gasteiger partial charge is 0.399 e. The van der Waals surface area contributed by atoms with Gasteiger partial charge in [0.15, 0.2) is 0 Å². The molecule has 0 fully saturated rings. The van der Waals surface area contributed by atoms with Crippen LogP contribution in [0.1, 0.15) is 6.92 Å². The number of nitrogen functional groups attached to an aromatic ring is 1. The van der Waals surface area contributed by atoms with Crippen LogP contribution in [0.4, 0.5) is 11.4 Å². The van der Waals surface area contributed by atoms with Crippen molar-refractivity contribution in [1.82, 2.24) is 0 Å². The Bertz CT molecular complexity index is 263. The molecule has 0 saturated heterocycles. The Morgan fingerprint density at radius 2 is 2.31 bits per heavy atom. The summed E-state index contributed by atoms with van der Waals surface area (Å²) in [5.74, 6) is 0. The topological polar surface area (TPSA) is 47.3 Å². The minimum absolute atomic E-state index is 0.210. The molecule has 1 aromatic rings. The van der Waals surface area contributed by atoms with Crippen LogP contribution in [0.15, 0.2) is 24.3 Å². The first-order valence-corrected chi connectivity index (χ1v) is 4.34. The fraction of sp³-hybridized carbons (Fsp3) is 0.400. The van der Waals surface area contributed by atoms with Crippen LogP contribution in [0.2, 0.25) is 0 Å². The van der Waals surface area contributed by atoms with Crippen molar-refractivity contribution < 1.29 is 4.74 Å². The fourth-order valence-corrected chi connectivity index (χ4v) is 0.994. The number of hydrogen-bond donors (Lipinski definition) is 2. The molecule has 0 amide bonds. The number of benzene rings is 1. The maximum atomic E-state index is 5.63. The molecule has 3 N–H and O–H groups in total. The molecule has 0 aliphatic heterocycles. The lowest BCUT2D eigenvalue weighted by Crippen LogP contribution is -2.17. The smallest absolute Gasteiger partial charge is 0.0715 e. The third-order valence-corrected chi connectivity index (χ3v) is 1.88. The molecule has 3 nitrogen and oxygen atoms in total. The van der Waals surface area contributed by atoms with Gasteiger partial charge in [0.1, 0.15) is 0 Å². The van der Waals surface area contributed by atoms with Crippen molar-refractivity contribution >= 4 is 11.4 Å². The van der Waals surface area contributed by atoms with E-state index in [-0.39, 0.29) is 6.10 Å². The van der Waals surface area contributed by atoms with Crippen LogP contribution < -0.4 is 11.1 Å². The van der Waals surface area contributed by atoms with E-state index in [0.29, 0.717) is 0 Å². The highest BCUT2D eigenvalue weighted by Crippen LogP contribution is 2.11. The summed E-state index contributed by atoms with van der Waals surface area (Å²) in [6.07, 6.45) is 0.210. The van der Waals surface area contributed by atoms with Crippen molar-refractivity contribution in [2.24, 2.45) is 0 Å². The molecule has 72 valence electrons. The lowest BCUT2D eigenvalue weighted by atomic mass is 10.3. The Hall–Kier alpha value is -1.22. The van der Waals surface area contributed by atoms with Gasteiger partial charge in [-0.15, -0.1) is 0 Å². The summed E-state index contributed by atoms with van der Waals surface area (Å²) in [6.45, 7) is 2.80. The zero-order valence-electron chi connectivity index (χ0n) is 8.08. The number of nitrogens with two attached hydrogens (primary N) is 1. The van der Waals surface area contributed by atoms with Crippen molar-refractivity contribution in [2.45, 2.75) is 13.0 Å². The molecule has 0 aliphatic rings. The van der Waals surface area contributed by atoms with Crippen LogP contribution in [-0.4, -0.2) is 19.8 Å². The Labute approximate surface area is 78.9 Å². The maximum absolute atomic E-state index is 5.63. The summed E-state index contributed by atoms with van der Waals surface area (Å²) >= 11 is 0. The number of ether oxygens (including phenoxy) is 1. The molecule has 0 aromatic heterocycles. The van der Waals surface area contributed by atoms with E-state index in [1.54, 1.807) is 7.11 Å². The van der Waals surface area contributed by atoms with Crippen molar-refractivity contribution in [1.29, 1.82) is 0 Å². The standard InChI is InChI=1S/C10H16N2O/c1-8(13-2)7-12-10-5-3-4-9(11)6-10/h3-6,8,12H,7,11H2,1-2H3. The van der Waals surface area contributed by atoms with Gasteiger partial charge in [0.2, 0.25) is 0 Å². The second-order valence-electron chi connectivity index (χ2n) is 3.05. The highest BCUT2D eigenvalue weighted by atomic mass is 16.5. The van der Waals surface area contributed by atoms with E-state index in [1.165, 1.54) is 0 Å². The first kappa shape index (κ1) is 9.86. The summed E-state index contributed by atoms with van der Waals surface area (Å²) in [4.78, 5) is 0. The Balaban J connectivity index is 2.45. The highest BCUT2D eigenvalue weighted by molar-refractivity contribution is 5.54. The molecule has 1 unspecified atom stereocenters. The zero-order chi connectivity index (χ0) is 9.68. The predicted octanol–water partition coefficient (Wildman–Crippen LogP) is 1.72. The van der Waals surface area contributed by atoms with Crippen LogP contribution in [0.5, 0.6) is 0 Å². The second kappa shape index (κ2) is 4.72. The SMILES string of the molecule is COC(C)CNc1cccc(N)c1. The van der Waals surface area contributed by atoms with E-state index in [4.69, 9.17) is 10.5 Å². The quantitative estimate of drug-likeness (QED) is 0.693. The number of nitrogens with one attached hydrogen (secondary N) is 1. The van der Waals surface area contributed by atoms with Gasteiger partial charge in [0.05, 0.1) is 6.10 Å². The molecule has 0 aliphatic carbocycles. The second-order valence-corrected chi connectivity index (χ2v) is 3.05. The molecule has 13 heavy (non-hydrogen) atoms. The fourth-order valence-electron chi connectivity index (χ4n) is 0.994. The van der Waals surface area contributed by atoms with Gasteiger partial charge in [-0.05, 0) is 25.1 Å². The molecule has 0 saturated carbocycles. The van der Waals surface area contributed by atoms with E-state index < -0.39 is 0 Å². The Kier molecular flexibility index (Phi) is 3.58. The number of hydrogen-bond acceptors (Lipinski definition) is 3. The van der Waals surface area contributed by atoms with Crippen molar-refractivity contribution in [3.63, 3.8) is 0 Å². The Morgan fingerprint density at radius 3 is 2.92 bits per heavy atom. The third kappa shape index (κ3) is 3.34. The average Bonchev–Trinajstić information content (AvgIpc) is 2.14. The maximum Gasteiger partial charge on any atom is 0.0715 e. The van der Waals surface area contributed by atoms with Gasteiger partial charge in [-0.2, -0.15) is 0 Å². The van der Waals surface area contributed by atoms with E-state index in [0.717, 1.165) is 17.9 Å². The minimum Gasteiger partial charge on any atom is -0.399 e. The summed E-state index contributed by atoms with van der Waals surface area (Å²) < 4.78 is 5.11. The van der Waals surface area contributed by atoms with Gasteiger partial charge in [-0.3, -0.25) is 0 Å². The summed E-state index contributed by atoms with van der Waals surface area (Å²) in [6, 6.07) is 7.68. The van der Waals surface area contributed by atoms with Crippen molar-refractivity contribution in [3.8, 4) is 0 Å². The molecule has 0 bridgehead atoms. The van der Waals surface area contributed by atoms with Crippen molar-refractivity contribution in [2.75, 3.05) is 24.7 Å². The first-order chi connectivity index (χ1) is 6.22. The van der Waals surface area contributed by atoms with E-state index >= 15 is 0 Å². The number of methoxy groups -OCH3 is 1. The minimum atomic E-state index is 0.210. The van der Waals surface area contributed by atoms with E-state index in [2.05, 4.69) is 5.32 Å². The Morgan fingerprint density at radius 1 is 1.54 bits per heavy atom. The van der Waals surface area contributed by atoms with Crippen LogP contribution in [0, 0.1) is 0 Å². The number of anilines is 2. The monoisotopic (exact) mass is 180 g/mol. The van der Waals surface area contributed by atoms with Crippen molar-refractivity contribution in [3.05, 3.63) is 24.3 Å². The zero-order valence-corrected chi connectivity index (χ0v) is 8.08. The lowest BCUT2D eigenvalue weighted by molar-refractivity contribution is 0.129. The molecule has 1 rings (SSSR count). The summed E-state index contributed by atoms with van der Waals surface area (Å²) in [5.41, 5.74) is 7.43. The van der Waals surface area contributed by atoms with Crippen LogP contribution >= 0.6 is 0 Å². The average molecular weight is 180 g/mol. The predicted molar refractivity (Wildman–Crippen MR) is 55.8 cm³/mol. The van der Waals surface area contributed by atoms with Gasteiger partial charge >= 0.3 is 0 Å². The van der Waals surface area contributed by atoms with Gasteiger partial charge in [-0.1, -0.05) is 6.07 Å². The van der Waals surface area contributed by atoms with Crippen LogP contribution in [0.3, 0.4) is 0 Å². The summed E-state index contributed by atoms with van der Waals surface area (Å²) in [7, 11) is 1.70. The van der Waals surface area contributed by atoms with Gasteiger partial charge in [-0.25, -0.2) is 0 Å². The molecule has 0 spiro atoms. The third-order valence-electron chi connectivity index (χ3n) is 1.88. The van der Waals surface area contributed by atoms with Crippen LogP contribution in [-0.2, 0) is 4.74 Å². The molecular weight excluding hydrogens is 164 g/mol. The molecule has 3 heteroatoms. The normalized spacial score (nSPS) is 12.5. The summed E-state index contributed by atoms with van der Waals surface area (Å²) in [5, 5.41) is 3.23. The van der Waals surface area contributed by atoms with Gasteiger partial charge < -0.3 is 15.8 Å². The molecule has 0 radical (unpaired) electrons. The molecule has 1 atom stereocenters. The molecule has 0 heterocycles. The van der Waals surface area contributed by atoms with Gasteiger partial charge in [0.25, 0.3) is 0 Å².